The maximum absolute atomic E-state index is 12.3. The highest BCUT2D eigenvalue weighted by Gasteiger charge is 2.18. The lowest BCUT2D eigenvalue weighted by Gasteiger charge is -2.24. The Kier molecular flexibility index (Phi) is 6.09. The summed E-state index contributed by atoms with van der Waals surface area (Å²) in [5.41, 5.74) is 2.44. The molecule has 0 saturated heterocycles. The van der Waals surface area contributed by atoms with Crippen LogP contribution in [0.15, 0.2) is 59.1 Å². The van der Waals surface area contributed by atoms with E-state index in [1.54, 1.807) is 12.1 Å². The van der Waals surface area contributed by atoms with Crippen molar-refractivity contribution < 1.29 is 9.32 Å². The summed E-state index contributed by atoms with van der Waals surface area (Å²) >= 11 is 0. The number of benzene rings is 2. The van der Waals surface area contributed by atoms with Gasteiger partial charge in [-0.05, 0) is 50.1 Å². The predicted molar refractivity (Wildman–Crippen MR) is 109 cm³/mol. The Morgan fingerprint density at radius 3 is 2.46 bits per heavy atom. The molecule has 0 radical (unpaired) electrons. The van der Waals surface area contributed by atoms with Crippen LogP contribution in [0.2, 0.25) is 0 Å². The van der Waals surface area contributed by atoms with E-state index < -0.39 is 0 Å². The number of aromatic nitrogens is 2. The molecule has 0 aliphatic heterocycles. The first-order valence-electron chi connectivity index (χ1n) is 9.47. The third kappa shape index (κ3) is 5.42. The standard InChI is InChI=1S/C22H26N4O2/c1-4-22(2,3)25-21(27)17-10-12-18(13-11-17)23-15-19-24-20(28-26-19)14-16-8-6-5-7-9-16/h5-13,23H,4,14-15H2,1-3H3,(H,25,27). The molecule has 0 unspecified atom stereocenters. The zero-order valence-electron chi connectivity index (χ0n) is 16.5. The molecule has 28 heavy (non-hydrogen) atoms. The lowest BCUT2D eigenvalue weighted by molar-refractivity contribution is 0.0911. The Morgan fingerprint density at radius 2 is 1.79 bits per heavy atom. The summed E-state index contributed by atoms with van der Waals surface area (Å²) in [6.07, 6.45) is 1.49. The molecule has 3 aromatic rings. The molecule has 0 saturated carbocycles. The van der Waals surface area contributed by atoms with Crippen LogP contribution in [0, 0.1) is 0 Å². The van der Waals surface area contributed by atoms with Crippen molar-refractivity contribution in [1.82, 2.24) is 15.5 Å². The van der Waals surface area contributed by atoms with Gasteiger partial charge in [0.15, 0.2) is 5.82 Å². The SMILES string of the molecule is CCC(C)(C)NC(=O)c1ccc(NCc2noc(Cc3ccccc3)n2)cc1. The minimum Gasteiger partial charge on any atom is -0.378 e. The number of hydrogen-bond acceptors (Lipinski definition) is 5. The van der Waals surface area contributed by atoms with E-state index >= 15 is 0 Å². The number of anilines is 1. The molecule has 1 amide bonds. The summed E-state index contributed by atoms with van der Waals surface area (Å²) in [6.45, 7) is 6.53. The van der Waals surface area contributed by atoms with Crippen molar-refractivity contribution in [3.8, 4) is 0 Å². The predicted octanol–water partition coefficient (Wildman–Crippen LogP) is 4.19. The van der Waals surface area contributed by atoms with Crippen molar-refractivity contribution in [3.05, 3.63) is 77.4 Å². The molecule has 2 N–H and O–H groups in total. The van der Waals surface area contributed by atoms with Crippen LogP contribution in [0.1, 0.15) is 54.8 Å². The highest BCUT2D eigenvalue weighted by Crippen LogP contribution is 2.14. The second kappa shape index (κ2) is 8.69. The van der Waals surface area contributed by atoms with Gasteiger partial charge in [-0.2, -0.15) is 4.98 Å². The van der Waals surface area contributed by atoms with Gasteiger partial charge in [-0.25, -0.2) is 0 Å². The van der Waals surface area contributed by atoms with Gasteiger partial charge in [0.25, 0.3) is 5.91 Å². The third-order valence-corrected chi connectivity index (χ3v) is 4.64. The van der Waals surface area contributed by atoms with Crippen LogP contribution in [-0.2, 0) is 13.0 Å². The largest absolute Gasteiger partial charge is 0.378 e. The van der Waals surface area contributed by atoms with Gasteiger partial charge >= 0.3 is 0 Å². The van der Waals surface area contributed by atoms with Crippen molar-refractivity contribution in [2.75, 3.05) is 5.32 Å². The van der Waals surface area contributed by atoms with Crippen LogP contribution in [0.4, 0.5) is 5.69 Å². The Morgan fingerprint density at radius 1 is 1.07 bits per heavy atom. The lowest BCUT2D eigenvalue weighted by atomic mass is 10.0. The highest BCUT2D eigenvalue weighted by atomic mass is 16.5. The third-order valence-electron chi connectivity index (χ3n) is 4.64. The second-order valence-electron chi connectivity index (χ2n) is 7.39. The quantitative estimate of drug-likeness (QED) is 0.614. The van der Waals surface area contributed by atoms with E-state index in [9.17, 15) is 4.79 Å². The fourth-order valence-electron chi connectivity index (χ4n) is 2.59. The van der Waals surface area contributed by atoms with Crippen LogP contribution in [0.3, 0.4) is 0 Å². The molecule has 6 nitrogen and oxygen atoms in total. The average molecular weight is 378 g/mol. The number of carbonyl (C=O) groups excluding carboxylic acids is 1. The van der Waals surface area contributed by atoms with Gasteiger partial charge in [-0.3, -0.25) is 4.79 Å². The molecule has 1 aromatic heterocycles. The molecule has 0 atom stereocenters. The van der Waals surface area contributed by atoms with Gasteiger partial charge in [0, 0.05) is 16.8 Å². The van der Waals surface area contributed by atoms with Gasteiger partial charge in [-0.1, -0.05) is 42.4 Å². The smallest absolute Gasteiger partial charge is 0.251 e. The van der Waals surface area contributed by atoms with Gasteiger partial charge in [0.1, 0.15) is 0 Å². The van der Waals surface area contributed by atoms with Gasteiger partial charge in [0.2, 0.25) is 5.89 Å². The summed E-state index contributed by atoms with van der Waals surface area (Å²) in [5.74, 6) is 1.12. The van der Waals surface area contributed by atoms with E-state index in [1.807, 2.05) is 56.3 Å². The Labute approximate surface area is 165 Å². The number of nitrogens with zero attached hydrogens (tertiary/aromatic N) is 2. The zero-order chi connectivity index (χ0) is 20.0. The molecule has 2 aromatic carbocycles. The number of nitrogens with one attached hydrogen (secondary N) is 2. The minimum atomic E-state index is -0.218. The summed E-state index contributed by atoms with van der Waals surface area (Å²) < 4.78 is 5.31. The number of rotatable bonds is 8. The fourth-order valence-corrected chi connectivity index (χ4v) is 2.59. The van der Waals surface area contributed by atoms with E-state index in [4.69, 9.17) is 4.52 Å². The second-order valence-corrected chi connectivity index (χ2v) is 7.39. The molecule has 0 spiro atoms. The van der Waals surface area contributed by atoms with Crippen LogP contribution in [0.25, 0.3) is 0 Å². The number of carbonyl (C=O) groups is 1. The molecule has 3 rings (SSSR count). The molecule has 0 bridgehead atoms. The van der Waals surface area contributed by atoms with Crippen molar-refractivity contribution in [2.24, 2.45) is 0 Å². The first kappa shape index (κ1) is 19.6. The Balaban J connectivity index is 1.53. The molecule has 0 aliphatic carbocycles. The maximum atomic E-state index is 12.3. The van der Waals surface area contributed by atoms with Crippen molar-refractivity contribution in [3.63, 3.8) is 0 Å². The van der Waals surface area contributed by atoms with Gasteiger partial charge < -0.3 is 15.2 Å². The van der Waals surface area contributed by atoms with Gasteiger partial charge in [0.05, 0.1) is 13.0 Å². The summed E-state index contributed by atoms with van der Waals surface area (Å²) in [4.78, 5) is 16.7. The number of hydrogen-bond donors (Lipinski definition) is 2. The monoisotopic (exact) mass is 378 g/mol. The van der Waals surface area contributed by atoms with E-state index in [1.165, 1.54) is 0 Å². The average Bonchev–Trinajstić information content (AvgIpc) is 3.14. The van der Waals surface area contributed by atoms with Crippen molar-refractivity contribution in [2.45, 2.75) is 45.7 Å². The minimum absolute atomic E-state index is 0.0675. The molecule has 0 fully saturated rings. The maximum Gasteiger partial charge on any atom is 0.251 e. The summed E-state index contributed by atoms with van der Waals surface area (Å²) in [6, 6.07) is 17.4. The van der Waals surface area contributed by atoms with Gasteiger partial charge in [-0.15, -0.1) is 0 Å². The summed E-state index contributed by atoms with van der Waals surface area (Å²) in [7, 11) is 0. The topological polar surface area (TPSA) is 80.0 Å². The van der Waals surface area contributed by atoms with E-state index in [2.05, 4.69) is 27.7 Å². The molecule has 146 valence electrons. The highest BCUT2D eigenvalue weighted by molar-refractivity contribution is 5.94. The first-order chi connectivity index (χ1) is 13.4. The lowest BCUT2D eigenvalue weighted by Crippen LogP contribution is -2.42. The Bertz CT molecular complexity index is 902. The molecule has 6 heteroatoms. The van der Waals surface area contributed by atoms with Crippen LogP contribution in [-0.4, -0.2) is 21.6 Å². The summed E-state index contributed by atoms with van der Waals surface area (Å²) in [5, 5.41) is 10.3. The normalized spacial score (nSPS) is 11.2. The van der Waals surface area contributed by atoms with Crippen LogP contribution < -0.4 is 10.6 Å². The molecule has 1 heterocycles. The Hall–Kier alpha value is -3.15. The van der Waals surface area contributed by atoms with E-state index in [0.29, 0.717) is 30.2 Å². The molecule has 0 aliphatic rings. The number of amides is 1. The first-order valence-corrected chi connectivity index (χ1v) is 9.47. The van der Waals surface area contributed by atoms with E-state index in [-0.39, 0.29) is 11.4 Å². The van der Waals surface area contributed by atoms with Crippen molar-refractivity contribution in [1.29, 1.82) is 0 Å². The van der Waals surface area contributed by atoms with Crippen molar-refractivity contribution >= 4 is 11.6 Å². The van der Waals surface area contributed by atoms with Crippen LogP contribution in [0.5, 0.6) is 0 Å². The molecular weight excluding hydrogens is 352 g/mol. The zero-order valence-corrected chi connectivity index (χ0v) is 16.5. The fraction of sp³-hybridized carbons (Fsp3) is 0.318. The van der Waals surface area contributed by atoms with E-state index in [0.717, 1.165) is 17.7 Å². The van der Waals surface area contributed by atoms with Crippen LogP contribution >= 0.6 is 0 Å². The molecular formula is C22H26N4O2.